The molecule has 0 radical (unpaired) electrons. The number of ether oxygens (including phenoxy) is 1. The Hall–Kier alpha value is -1.56. The molecule has 1 aromatic rings. The number of carboxylic acids is 1. The Labute approximate surface area is 86.1 Å². The van der Waals surface area contributed by atoms with Gasteiger partial charge in [0.15, 0.2) is 5.69 Å². The lowest BCUT2D eigenvalue weighted by Crippen LogP contribution is -2.16. The molecule has 2 N–H and O–H groups in total. The lowest BCUT2D eigenvalue weighted by Gasteiger charge is -2.07. The first-order valence-electron chi connectivity index (χ1n) is 4.79. The summed E-state index contributed by atoms with van der Waals surface area (Å²) in [7, 11) is 0. The van der Waals surface area contributed by atoms with Crippen LogP contribution in [0.4, 0.5) is 0 Å². The summed E-state index contributed by atoms with van der Waals surface area (Å²) in [5.74, 6) is -0.553. The topological polar surface area (TPSA) is 84.6 Å². The number of hydrogen-bond acceptors (Lipinski definition) is 4. The van der Waals surface area contributed by atoms with E-state index in [1.54, 1.807) is 4.68 Å². The van der Waals surface area contributed by atoms with Crippen molar-refractivity contribution in [2.24, 2.45) is 0 Å². The summed E-state index contributed by atoms with van der Waals surface area (Å²) >= 11 is 0. The molecule has 6 heteroatoms. The monoisotopic (exact) mass is 212 g/mol. The fourth-order valence-electron chi connectivity index (χ4n) is 1.60. The highest BCUT2D eigenvalue weighted by molar-refractivity contribution is 5.85. The summed E-state index contributed by atoms with van der Waals surface area (Å²) in [6.45, 7) is 0.700. The zero-order valence-electron chi connectivity index (χ0n) is 8.09. The average molecular weight is 212 g/mol. The van der Waals surface area contributed by atoms with Gasteiger partial charge in [0.25, 0.3) is 0 Å². The average Bonchev–Trinajstić information content (AvgIpc) is 2.71. The van der Waals surface area contributed by atoms with E-state index in [9.17, 15) is 4.79 Å². The number of carboxylic acid groups (broad SMARTS) is 1. The van der Waals surface area contributed by atoms with Gasteiger partial charge in [0.05, 0.1) is 6.54 Å². The fourth-order valence-corrected chi connectivity index (χ4v) is 1.60. The zero-order valence-corrected chi connectivity index (χ0v) is 8.09. The van der Waals surface area contributed by atoms with E-state index < -0.39 is 5.97 Å². The number of aliphatic hydroxyl groups is 1. The van der Waals surface area contributed by atoms with Crippen LogP contribution in [0.15, 0.2) is 6.07 Å². The van der Waals surface area contributed by atoms with Gasteiger partial charge >= 0.3 is 5.97 Å². The molecule has 15 heavy (non-hydrogen) atoms. The Bertz CT molecular complexity index is 351. The Morgan fingerprint density at radius 3 is 3.13 bits per heavy atom. The third-order valence-corrected chi connectivity index (χ3v) is 2.31. The lowest BCUT2D eigenvalue weighted by atomic mass is 10.2. The van der Waals surface area contributed by atoms with E-state index in [1.807, 2.05) is 0 Å². The van der Waals surface area contributed by atoms with Crippen molar-refractivity contribution in [1.82, 2.24) is 9.78 Å². The highest BCUT2D eigenvalue weighted by Gasteiger charge is 2.25. The van der Waals surface area contributed by atoms with Crippen molar-refractivity contribution in [3.63, 3.8) is 0 Å². The van der Waals surface area contributed by atoms with Crippen molar-refractivity contribution in [3.8, 4) is 5.88 Å². The van der Waals surface area contributed by atoms with Crippen molar-refractivity contribution in [1.29, 1.82) is 0 Å². The third-order valence-electron chi connectivity index (χ3n) is 2.31. The van der Waals surface area contributed by atoms with E-state index in [0.717, 1.165) is 6.42 Å². The fraction of sp³-hybridized carbons (Fsp3) is 0.556. The van der Waals surface area contributed by atoms with Gasteiger partial charge in [0.2, 0.25) is 5.88 Å². The number of rotatable bonds is 4. The molecule has 2 heterocycles. The largest absolute Gasteiger partial charge is 0.476 e. The molecule has 0 spiro atoms. The second-order valence-electron chi connectivity index (χ2n) is 3.46. The first-order valence-corrected chi connectivity index (χ1v) is 4.79. The highest BCUT2D eigenvalue weighted by atomic mass is 16.5. The summed E-state index contributed by atoms with van der Waals surface area (Å²) in [5.41, 5.74) is 0.00519. The predicted octanol–water partition coefficient (Wildman–Crippen LogP) is 0.115. The van der Waals surface area contributed by atoms with Crippen LogP contribution in [-0.4, -0.2) is 38.7 Å². The van der Waals surface area contributed by atoms with Crippen molar-refractivity contribution in [2.45, 2.75) is 25.5 Å². The molecule has 0 amide bonds. The van der Waals surface area contributed by atoms with Crippen LogP contribution in [0.3, 0.4) is 0 Å². The van der Waals surface area contributed by atoms with Crippen LogP contribution in [0, 0.1) is 0 Å². The Morgan fingerprint density at radius 2 is 2.53 bits per heavy atom. The van der Waals surface area contributed by atoms with Crippen molar-refractivity contribution in [3.05, 3.63) is 11.8 Å². The Morgan fingerprint density at radius 1 is 1.73 bits per heavy atom. The van der Waals surface area contributed by atoms with Gasteiger partial charge in [-0.3, -0.25) is 0 Å². The van der Waals surface area contributed by atoms with Crippen molar-refractivity contribution in [2.75, 3.05) is 6.61 Å². The smallest absolute Gasteiger partial charge is 0.356 e. The minimum absolute atomic E-state index is 0.00231. The van der Waals surface area contributed by atoms with Gasteiger partial charge in [0, 0.05) is 12.7 Å². The van der Waals surface area contributed by atoms with Gasteiger partial charge in [-0.15, -0.1) is 0 Å². The number of hydrogen-bond donors (Lipinski definition) is 2. The maximum absolute atomic E-state index is 10.6. The molecule has 0 fully saturated rings. The number of carbonyl (C=O) groups is 1. The highest BCUT2D eigenvalue weighted by Crippen LogP contribution is 2.24. The quantitative estimate of drug-likeness (QED) is 0.740. The summed E-state index contributed by atoms with van der Waals surface area (Å²) < 4.78 is 7.01. The minimum atomic E-state index is -1.05. The van der Waals surface area contributed by atoms with Gasteiger partial charge in [-0.25, -0.2) is 9.48 Å². The molecule has 2 rings (SSSR count). The SMILES string of the molecule is O=C(O)c1cc2n(n1)CC(CCCO)O2. The summed E-state index contributed by atoms with van der Waals surface area (Å²) in [4.78, 5) is 10.6. The van der Waals surface area contributed by atoms with Gasteiger partial charge in [-0.1, -0.05) is 0 Å². The van der Waals surface area contributed by atoms with E-state index in [0.29, 0.717) is 18.8 Å². The molecule has 0 aromatic carbocycles. The molecule has 0 bridgehead atoms. The zero-order chi connectivity index (χ0) is 10.8. The lowest BCUT2D eigenvalue weighted by molar-refractivity contribution is 0.0688. The molecule has 1 atom stereocenters. The third kappa shape index (κ3) is 1.94. The van der Waals surface area contributed by atoms with Crippen LogP contribution >= 0.6 is 0 Å². The van der Waals surface area contributed by atoms with Crippen LogP contribution in [0.1, 0.15) is 23.3 Å². The molecule has 1 aliphatic heterocycles. The molecular formula is C9H12N2O4. The molecule has 6 nitrogen and oxygen atoms in total. The number of aromatic nitrogens is 2. The second-order valence-corrected chi connectivity index (χ2v) is 3.46. The second kappa shape index (κ2) is 3.90. The molecule has 0 saturated heterocycles. The number of aromatic carboxylic acids is 1. The molecule has 1 unspecified atom stereocenters. The predicted molar refractivity (Wildman–Crippen MR) is 49.9 cm³/mol. The summed E-state index contributed by atoms with van der Waals surface area (Å²) in [5, 5.41) is 21.2. The molecule has 1 aromatic heterocycles. The van der Waals surface area contributed by atoms with Gasteiger partial charge < -0.3 is 14.9 Å². The van der Waals surface area contributed by atoms with E-state index in [2.05, 4.69) is 5.10 Å². The molecule has 82 valence electrons. The Kier molecular flexibility index (Phi) is 2.59. The standard InChI is InChI=1S/C9H12N2O4/c12-3-1-2-6-5-11-8(15-6)4-7(10-11)9(13)14/h4,6,12H,1-3,5H2,(H,13,14). The van der Waals surface area contributed by atoms with E-state index >= 15 is 0 Å². The van der Waals surface area contributed by atoms with Crippen LogP contribution in [-0.2, 0) is 6.54 Å². The van der Waals surface area contributed by atoms with Gasteiger partial charge in [0.1, 0.15) is 6.10 Å². The normalized spacial score (nSPS) is 18.6. The van der Waals surface area contributed by atoms with Gasteiger partial charge in [-0.2, -0.15) is 5.10 Å². The molecule has 1 aliphatic rings. The van der Waals surface area contributed by atoms with Gasteiger partial charge in [-0.05, 0) is 12.8 Å². The van der Waals surface area contributed by atoms with Crippen LogP contribution in [0.5, 0.6) is 5.88 Å². The first-order chi connectivity index (χ1) is 7.20. The van der Waals surface area contributed by atoms with E-state index in [-0.39, 0.29) is 18.4 Å². The first kappa shape index (κ1) is 9.97. The van der Waals surface area contributed by atoms with E-state index in [4.69, 9.17) is 14.9 Å². The molecule has 0 saturated carbocycles. The van der Waals surface area contributed by atoms with Crippen LogP contribution in [0.2, 0.25) is 0 Å². The molecular weight excluding hydrogens is 200 g/mol. The molecule has 0 aliphatic carbocycles. The number of aliphatic hydroxyl groups excluding tert-OH is 1. The summed E-state index contributed by atoms with van der Waals surface area (Å²) in [6, 6.07) is 1.42. The van der Waals surface area contributed by atoms with Crippen LogP contribution in [0.25, 0.3) is 0 Å². The van der Waals surface area contributed by atoms with E-state index in [1.165, 1.54) is 6.07 Å². The maximum Gasteiger partial charge on any atom is 0.356 e. The minimum Gasteiger partial charge on any atom is -0.476 e. The van der Waals surface area contributed by atoms with Crippen molar-refractivity contribution < 1.29 is 19.7 Å². The summed E-state index contributed by atoms with van der Waals surface area (Å²) in [6.07, 6.45) is 1.44. The number of fused-ring (bicyclic) bond motifs is 1. The Balaban J connectivity index is 2.00. The maximum atomic E-state index is 10.6. The van der Waals surface area contributed by atoms with Crippen LogP contribution < -0.4 is 4.74 Å². The number of nitrogens with zero attached hydrogens (tertiary/aromatic N) is 2. The van der Waals surface area contributed by atoms with Crippen molar-refractivity contribution >= 4 is 5.97 Å².